The highest BCUT2D eigenvalue weighted by atomic mass is 16.1. The van der Waals surface area contributed by atoms with Crippen LogP contribution in [0.3, 0.4) is 0 Å². The maximum atomic E-state index is 10.9. The van der Waals surface area contributed by atoms with Crippen molar-refractivity contribution in [2.75, 3.05) is 17.6 Å². The normalized spacial score (nSPS) is 20.8. The van der Waals surface area contributed by atoms with Crippen LogP contribution in [0.15, 0.2) is 12.4 Å². The van der Waals surface area contributed by atoms with Crippen LogP contribution in [0.4, 0.5) is 11.6 Å². The van der Waals surface area contributed by atoms with E-state index in [1.54, 1.807) is 6.20 Å². The summed E-state index contributed by atoms with van der Waals surface area (Å²) in [7, 11) is 0. The monoisotopic (exact) mass is 207 g/mol. The van der Waals surface area contributed by atoms with Crippen molar-refractivity contribution in [2.24, 2.45) is 0 Å². The molecule has 6 nitrogen and oxygen atoms in total. The number of nitrogens with one attached hydrogen (secondary N) is 2. The average Bonchev–Trinajstić information content (AvgIpc) is 2.22. The first-order chi connectivity index (χ1) is 7.24. The zero-order valence-electron chi connectivity index (χ0n) is 8.23. The molecule has 1 atom stereocenters. The molecule has 1 aromatic rings. The Labute approximate surface area is 87.3 Å². The summed E-state index contributed by atoms with van der Waals surface area (Å²) in [4.78, 5) is 18.9. The number of hydrogen-bond donors (Lipinski definition) is 3. The zero-order chi connectivity index (χ0) is 10.7. The molecular formula is C9H13N5O. The molecule has 0 bridgehead atoms. The van der Waals surface area contributed by atoms with E-state index in [9.17, 15) is 4.79 Å². The molecule has 1 aromatic heterocycles. The second-order valence-corrected chi connectivity index (χ2v) is 3.51. The molecule has 1 saturated heterocycles. The Balaban J connectivity index is 1.94. The van der Waals surface area contributed by atoms with Crippen LogP contribution in [0.2, 0.25) is 0 Å². The molecule has 1 aliphatic rings. The van der Waals surface area contributed by atoms with Gasteiger partial charge in [-0.25, -0.2) is 4.98 Å². The Hall–Kier alpha value is -1.85. The molecule has 1 fully saturated rings. The lowest BCUT2D eigenvalue weighted by molar-refractivity contribution is -0.122. The van der Waals surface area contributed by atoms with Gasteiger partial charge in [0.1, 0.15) is 11.6 Å². The lowest BCUT2D eigenvalue weighted by Gasteiger charge is -2.23. The third-order valence-electron chi connectivity index (χ3n) is 2.27. The van der Waals surface area contributed by atoms with E-state index in [4.69, 9.17) is 5.73 Å². The molecule has 4 N–H and O–H groups in total. The number of nitrogens with two attached hydrogens (primary N) is 1. The number of carbonyl (C=O) groups excluding carboxylic acids is 1. The minimum atomic E-state index is 0.103. The molecular weight excluding hydrogens is 194 g/mol. The summed E-state index contributed by atoms with van der Waals surface area (Å²) in [6, 6.07) is 0.207. The van der Waals surface area contributed by atoms with E-state index >= 15 is 0 Å². The highest BCUT2D eigenvalue weighted by Gasteiger charge is 2.17. The Kier molecular flexibility index (Phi) is 2.66. The molecule has 0 radical (unpaired) electrons. The van der Waals surface area contributed by atoms with Crippen molar-refractivity contribution in [2.45, 2.75) is 18.9 Å². The van der Waals surface area contributed by atoms with Gasteiger partial charge in [-0.15, -0.1) is 0 Å². The van der Waals surface area contributed by atoms with E-state index in [1.807, 2.05) is 0 Å². The quantitative estimate of drug-likeness (QED) is 0.621. The summed E-state index contributed by atoms with van der Waals surface area (Å²) >= 11 is 0. The molecule has 15 heavy (non-hydrogen) atoms. The molecule has 0 aromatic carbocycles. The van der Waals surface area contributed by atoms with Crippen molar-refractivity contribution in [3.63, 3.8) is 0 Å². The van der Waals surface area contributed by atoms with Crippen LogP contribution in [0.25, 0.3) is 0 Å². The van der Waals surface area contributed by atoms with Crippen molar-refractivity contribution in [1.29, 1.82) is 0 Å². The standard InChI is InChI=1S/C9H13N5O/c10-7-4-11-5-8(14-7)13-6-1-2-9(15)12-3-6/h4-6H,1-3H2,(H,12,15)(H3,10,13,14). The molecule has 1 unspecified atom stereocenters. The molecule has 80 valence electrons. The van der Waals surface area contributed by atoms with Gasteiger partial charge in [0.05, 0.1) is 12.4 Å². The fourth-order valence-electron chi connectivity index (χ4n) is 1.52. The van der Waals surface area contributed by atoms with Gasteiger partial charge in [0.25, 0.3) is 0 Å². The number of piperidine rings is 1. The summed E-state index contributed by atoms with van der Waals surface area (Å²) in [5.74, 6) is 1.14. The SMILES string of the molecule is Nc1cncc(NC2CCC(=O)NC2)n1. The van der Waals surface area contributed by atoms with E-state index in [2.05, 4.69) is 20.6 Å². The Bertz CT molecular complexity index is 357. The molecule has 0 spiro atoms. The average molecular weight is 207 g/mol. The molecule has 6 heteroatoms. The molecule has 2 rings (SSSR count). The summed E-state index contributed by atoms with van der Waals surface area (Å²) in [5, 5.41) is 5.96. The van der Waals surface area contributed by atoms with E-state index < -0.39 is 0 Å². The summed E-state index contributed by atoms with van der Waals surface area (Å²) in [6.45, 7) is 0.620. The van der Waals surface area contributed by atoms with Crippen LogP contribution in [0.1, 0.15) is 12.8 Å². The van der Waals surface area contributed by atoms with Gasteiger partial charge in [-0.3, -0.25) is 9.78 Å². The van der Waals surface area contributed by atoms with Crippen LogP contribution in [0.5, 0.6) is 0 Å². The van der Waals surface area contributed by atoms with Crippen LogP contribution in [0, 0.1) is 0 Å². The number of nitrogen functional groups attached to an aromatic ring is 1. The Morgan fingerprint density at radius 2 is 2.40 bits per heavy atom. The summed E-state index contributed by atoms with van der Waals surface area (Å²) in [5.41, 5.74) is 5.50. The third-order valence-corrected chi connectivity index (χ3v) is 2.27. The number of anilines is 2. The van der Waals surface area contributed by atoms with Crippen LogP contribution in [-0.4, -0.2) is 28.5 Å². The van der Waals surface area contributed by atoms with E-state index in [1.165, 1.54) is 6.20 Å². The predicted molar refractivity (Wildman–Crippen MR) is 56.1 cm³/mol. The van der Waals surface area contributed by atoms with Gasteiger partial charge in [-0.05, 0) is 6.42 Å². The number of aromatic nitrogens is 2. The first-order valence-electron chi connectivity index (χ1n) is 4.85. The fraction of sp³-hybridized carbons (Fsp3) is 0.444. The first-order valence-corrected chi connectivity index (χ1v) is 4.85. The predicted octanol–water partition coefficient (Wildman–Crippen LogP) is -0.251. The number of amides is 1. The minimum Gasteiger partial charge on any atom is -0.382 e. The van der Waals surface area contributed by atoms with E-state index in [-0.39, 0.29) is 11.9 Å². The van der Waals surface area contributed by atoms with Crippen LogP contribution >= 0.6 is 0 Å². The number of rotatable bonds is 2. The number of hydrogen-bond acceptors (Lipinski definition) is 5. The highest BCUT2D eigenvalue weighted by molar-refractivity contribution is 5.76. The number of carbonyl (C=O) groups is 1. The van der Waals surface area contributed by atoms with Crippen LogP contribution in [-0.2, 0) is 4.79 Å². The first kappa shape index (κ1) is 9.70. The lowest BCUT2D eigenvalue weighted by atomic mass is 10.1. The van der Waals surface area contributed by atoms with Crippen molar-refractivity contribution in [1.82, 2.24) is 15.3 Å². The topological polar surface area (TPSA) is 92.9 Å². The van der Waals surface area contributed by atoms with E-state index in [0.717, 1.165) is 6.42 Å². The van der Waals surface area contributed by atoms with Gasteiger partial charge in [-0.2, -0.15) is 0 Å². The zero-order valence-corrected chi connectivity index (χ0v) is 8.23. The summed E-state index contributed by atoms with van der Waals surface area (Å²) in [6.07, 6.45) is 4.47. The molecule has 1 aliphatic heterocycles. The van der Waals surface area contributed by atoms with Gasteiger partial charge in [0.2, 0.25) is 5.91 Å². The number of nitrogens with zero attached hydrogens (tertiary/aromatic N) is 2. The second-order valence-electron chi connectivity index (χ2n) is 3.51. The Morgan fingerprint density at radius 3 is 3.07 bits per heavy atom. The smallest absolute Gasteiger partial charge is 0.220 e. The molecule has 1 amide bonds. The van der Waals surface area contributed by atoms with Gasteiger partial charge in [0.15, 0.2) is 0 Å². The van der Waals surface area contributed by atoms with Crippen molar-refractivity contribution < 1.29 is 4.79 Å². The lowest BCUT2D eigenvalue weighted by Crippen LogP contribution is -2.42. The maximum absolute atomic E-state index is 10.9. The van der Waals surface area contributed by atoms with Crippen molar-refractivity contribution in [3.8, 4) is 0 Å². The highest BCUT2D eigenvalue weighted by Crippen LogP contribution is 2.10. The molecule has 2 heterocycles. The minimum absolute atomic E-state index is 0.103. The van der Waals surface area contributed by atoms with Gasteiger partial charge >= 0.3 is 0 Å². The van der Waals surface area contributed by atoms with Crippen molar-refractivity contribution >= 4 is 17.5 Å². The second kappa shape index (κ2) is 4.12. The van der Waals surface area contributed by atoms with Crippen molar-refractivity contribution in [3.05, 3.63) is 12.4 Å². The van der Waals surface area contributed by atoms with Gasteiger partial charge < -0.3 is 16.4 Å². The van der Waals surface area contributed by atoms with Gasteiger partial charge in [0, 0.05) is 19.0 Å². The molecule has 0 saturated carbocycles. The van der Waals surface area contributed by atoms with Gasteiger partial charge in [-0.1, -0.05) is 0 Å². The Morgan fingerprint density at radius 1 is 1.53 bits per heavy atom. The molecule has 0 aliphatic carbocycles. The third kappa shape index (κ3) is 2.55. The summed E-state index contributed by atoms with van der Waals surface area (Å²) < 4.78 is 0. The van der Waals surface area contributed by atoms with Crippen LogP contribution < -0.4 is 16.4 Å². The van der Waals surface area contributed by atoms with E-state index in [0.29, 0.717) is 24.6 Å². The maximum Gasteiger partial charge on any atom is 0.220 e. The fourth-order valence-corrected chi connectivity index (χ4v) is 1.52. The largest absolute Gasteiger partial charge is 0.382 e.